The summed E-state index contributed by atoms with van der Waals surface area (Å²) in [5, 5.41) is 12.0. The van der Waals surface area contributed by atoms with Gasteiger partial charge in [0.05, 0.1) is 13.2 Å². The molecule has 0 aliphatic carbocycles. The maximum Gasteiger partial charge on any atom is 0.325 e. The molecule has 0 bridgehead atoms. The number of thioether (sulfide) groups is 1. The molecule has 1 aliphatic heterocycles. The number of amides is 1. The van der Waals surface area contributed by atoms with Crippen molar-refractivity contribution >= 4 is 23.6 Å². The molecule has 1 amide bonds. The van der Waals surface area contributed by atoms with Crippen LogP contribution in [0.3, 0.4) is 0 Å². The van der Waals surface area contributed by atoms with Crippen molar-refractivity contribution in [1.29, 1.82) is 0 Å². The van der Waals surface area contributed by atoms with Crippen LogP contribution in [0.15, 0.2) is 54.6 Å². The molecular weight excluding hydrogens is 563 g/mol. The van der Waals surface area contributed by atoms with Crippen LogP contribution in [0.4, 0.5) is 4.39 Å². The number of ether oxygens (including phenoxy) is 2. The fourth-order valence-corrected chi connectivity index (χ4v) is 4.30. The molecule has 0 radical (unpaired) electrons. The number of hydrogen-bond donors (Lipinski definition) is 1. The summed E-state index contributed by atoms with van der Waals surface area (Å²) in [6.07, 6.45) is 11.8. The normalized spacial score (nSPS) is 14.3. The minimum atomic E-state index is -1.02. The first-order chi connectivity index (χ1) is 20.4. The smallest absolute Gasteiger partial charge is 0.325 e. The van der Waals surface area contributed by atoms with Gasteiger partial charge in [0.25, 0.3) is 5.09 Å². The van der Waals surface area contributed by atoms with Crippen molar-refractivity contribution in [3.63, 3.8) is 0 Å². The molecule has 2 atom stereocenters. The quantitative estimate of drug-likeness (QED) is 0.0639. The molecule has 2 rings (SSSR count). The van der Waals surface area contributed by atoms with Gasteiger partial charge >= 0.3 is 5.97 Å². The topological polar surface area (TPSA) is 117 Å². The fourth-order valence-electron chi connectivity index (χ4n) is 3.13. The molecule has 0 saturated carbocycles. The summed E-state index contributed by atoms with van der Waals surface area (Å²) in [7, 11) is 0. The molecule has 1 aromatic rings. The Morgan fingerprint density at radius 1 is 1.14 bits per heavy atom. The Bertz CT molecular complexity index is 851. The average molecular weight is 615 g/mol. The highest BCUT2D eigenvalue weighted by Crippen LogP contribution is 2.27. The summed E-state index contributed by atoms with van der Waals surface area (Å²) in [4.78, 5) is 36.6. The van der Waals surface area contributed by atoms with E-state index in [1.807, 2.05) is 94.9 Å². The first-order valence-corrected chi connectivity index (χ1v) is 15.9. The van der Waals surface area contributed by atoms with E-state index in [-0.39, 0.29) is 32.3 Å². The van der Waals surface area contributed by atoms with E-state index < -0.39 is 17.2 Å². The number of esters is 1. The molecule has 1 fully saturated rings. The minimum absolute atomic E-state index is 0.0203. The molecular formula is C31H51FN2O7S. The summed E-state index contributed by atoms with van der Waals surface area (Å²) in [5.74, 6) is 1.22. The second-order valence-corrected chi connectivity index (χ2v) is 9.65. The Morgan fingerprint density at radius 3 is 2.45 bits per heavy atom. The summed E-state index contributed by atoms with van der Waals surface area (Å²) >= 11 is 1.90. The van der Waals surface area contributed by atoms with Crippen LogP contribution in [0.25, 0.3) is 0 Å². The van der Waals surface area contributed by atoms with Gasteiger partial charge in [0.1, 0.15) is 18.9 Å². The van der Waals surface area contributed by atoms with Gasteiger partial charge in [-0.1, -0.05) is 70.2 Å². The third kappa shape index (κ3) is 27.1. The number of para-hydroxylation sites is 1. The number of unbranched alkanes of at least 4 members (excludes halogenated alkanes) is 2. The lowest BCUT2D eigenvalue weighted by Crippen LogP contribution is -2.30. The summed E-state index contributed by atoms with van der Waals surface area (Å²) < 4.78 is 23.7. The van der Waals surface area contributed by atoms with Crippen molar-refractivity contribution < 1.29 is 33.4 Å². The molecule has 0 aromatic heterocycles. The lowest BCUT2D eigenvalue weighted by molar-refractivity contribution is -0.757. The highest BCUT2D eigenvalue weighted by molar-refractivity contribution is 8.00. The molecule has 1 heterocycles. The van der Waals surface area contributed by atoms with Gasteiger partial charge in [-0.05, 0) is 63.3 Å². The Kier molecular flexibility index (Phi) is 30.2. The fraction of sp³-hybridized carbons (Fsp3) is 0.613. The predicted octanol–water partition coefficient (Wildman–Crippen LogP) is 7.29. The number of nitrogens with one attached hydrogen (secondary N) is 1. The number of benzene rings is 1. The molecule has 9 nitrogen and oxygen atoms in total. The number of allylic oxidation sites excluding steroid dienone is 2. The van der Waals surface area contributed by atoms with Crippen molar-refractivity contribution in [1.82, 2.24) is 5.32 Å². The van der Waals surface area contributed by atoms with Crippen LogP contribution in [-0.2, 0) is 19.2 Å². The molecule has 0 spiro atoms. The van der Waals surface area contributed by atoms with E-state index in [2.05, 4.69) is 10.2 Å². The van der Waals surface area contributed by atoms with Gasteiger partial charge in [-0.3, -0.25) is 9.59 Å². The Balaban J connectivity index is 0. The first-order valence-electron chi connectivity index (χ1n) is 14.8. The van der Waals surface area contributed by atoms with Gasteiger partial charge in [0, 0.05) is 11.7 Å². The van der Waals surface area contributed by atoms with E-state index in [0.29, 0.717) is 24.5 Å². The van der Waals surface area contributed by atoms with Crippen LogP contribution < -0.4 is 10.1 Å². The maximum atomic E-state index is 13.5. The zero-order chi connectivity index (χ0) is 31.8. The summed E-state index contributed by atoms with van der Waals surface area (Å²) in [5.41, 5.74) is 0. The molecule has 2 unspecified atom stereocenters. The first kappa shape index (κ1) is 41.1. The van der Waals surface area contributed by atoms with E-state index in [1.54, 1.807) is 6.08 Å². The van der Waals surface area contributed by atoms with E-state index in [4.69, 9.17) is 9.47 Å². The SMILES string of the molecule is C/C=C\CCCC(=O)NCC(=O)OCCCCO[N+](=O)[O-].CC.CC.FC(/C=C/C1CCCS1)COc1ccccc1. The molecule has 1 saturated heterocycles. The highest BCUT2D eigenvalue weighted by Gasteiger charge is 2.13. The zero-order valence-corrected chi connectivity index (χ0v) is 26.7. The largest absolute Gasteiger partial charge is 0.490 e. The van der Waals surface area contributed by atoms with Crippen LogP contribution in [-0.4, -0.2) is 60.5 Å². The lowest BCUT2D eigenvalue weighted by atomic mass is 10.2. The number of rotatable bonds is 17. The van der Waals surface area contributed by atoms with Gasteiger partial charge in [-0.15, -0.1) is 10.1 Å². The van der Waals surface area contributed by atoms with E-state index in [1.165, 1.54) is 18.6 Å². The molecule has 1 aromatic carbocycles. The number of hydrogen-bond acceptors (Lipinski definition) is 8. The van der Waals surface area contributed by atoms with E-state index in [0.717, 1.165) is 18.6 Å². The van der Waals surface area contributed by atoms with Gasteiger partial charge in [0.15, 0.2) is 6.17 Å². The molecule has 240 valence electrons. The van der Waals surface area contributed by atoms with Gasteiger partial charge in [0.2, 0.25) is 5.91 Å². The summed E-state index contributed by atoms with van der Waals surface area (Å²) in [6.45, 7) is 9.98. The minimum Gasteiger partial charge on any atom is -0.490 e. The van der Waals surface area contributed by atoms with Gasteiger partial charge in [-0.25, -0.2) is 4.39 Å². The molecule has 1 aliphatic rings. The highest BCUT2D eigenvalue weighted by atomic mass is 32.2. The van der Waals surface area contributed by atoms with E-state index >= 15 is 0 Å². The van der Waals surface area contributed by atoms with Crippen molar-refractivity contribution in [2.75, 3.05) is 32.1 Å². The Labute approximate surface area is 255 Å². The summed E-state index contributed by atoms with van der Waals surface area (Å²) in [6, 6.07) is 9.35. The van der Waals surface area contributed by atoms with Crippen LogP contribution in [0.5, 0.6) is 5.75 Å². The molecule has 1 N–H and O–H groups in total. The number of carbonyl (C=O) groups is 2. The second kappa shape index (κ2) is 30.9. The standard InChI is InChI=1S/C14H17FOS.C13H22N2O6.2C2H6/c15-12(8-9-14-7-4-10-17-14)11-16-13-5-2-1-3-6-13;1-2-3-4-5-8-12(16)14-11-13(17)20-9-6-7-10-21-15(18)19;2*1-2/h1-3,5-6,8-9,12,14H,4,7,10-11H2;2-3H,4-11H2,1H3,(H,14,16);2*1-2H3/b9-8+;3-2-;;. The monoisotopic (exact) mass is 614 g/mol. The maximum absolute atomic E-state index is 13.5. The van der Waals surface area contributed by atoms with Crippen LogP contribution in [0.1, 0.15) is 79.6 Å². The number of carbonyl (C=O) groups excluding carboxylic acids is 2. The van der Waals surface area contributed by atoms with Gasteiger partial charge < -0.3 is 19.6 Å². The average Bonchev–Trinajstić information content (AvgIpc) is 3.54. The van der Waals surface area contributed by atoms with Crippen molar-refractivity contribution in [3.8, 4) is 5.75 Å². The van der Waals surface area contributed by atoms with Crippen molar-refractivity contribution in [3.05, 3.63) is 64.8 Å². The third-order valence-electron chi connectivity index (χ3n) is 5.09. The van der Waals surface area contributed by atoms with Gasteiger partial charge in [-0.2, -0.15) is 11.8 Å². The lowest BCUT2D eigenvalue weighted by Gasteiger charge is -2.07. The zero-order valence-electron chi connectivity index (χ0n) is 25.9. The predicted molar refractivity (Wildman–Crippen MR) is 169 cm³/mol. The van der Waals surface area contributed by atoms with Crippen LogP contribution >= 0.6 is 11.8 Å². The van der Waals surface area contributed by atoms with Crippen LogP contribution in [0.2, 0.25) is 0 Å². The second-order valence-electron chi connectivity index (χ2n) is 8.30. The Hall–Kier alpha value is -3.08. The number of alkyl halides is 1. The molecule has 42 heavy (non-hydrogen) atoms. The third-order valence-corrected chi connectivity index (χ3v) is 6.44. The number of nitrogens with zero attached hydrogens (tertiary/aromatic N) is 1. The number of halogens is 1. The molecule has 11 heteroatoms. The van der Waals surface area contributed by atoms with Crippen LogP contribution in [0, 0.1) is 10.1 Å². The van der Waals surface area contributed by atoms with E-state index in [9.17, 15) is 24.1 Å². The van der Waals surface area contributed by atoms with Crippen molar-refractivity contribution in [2.45, 2.75) is 91.0 Å². The van der Waals surface area contributed by atoms with Crippen molar-refractivity contribution in [2.24, 2.45) is 0 Å². The Morgan fingerprint density at radius 2 is 1.83 bits per heavy atom.